The highest BCUT2D eigenvalue weighted by Gasteiger charge is 2.17. The van der Waals surface area contributed by atoms with Crippen LogP contribution in [0.5, 0.6) is 11.5 Å². The predicted molar refractivity (Wildman–Crippen MR) is 113 cm³/mol. The first-order valence-corrected chi connectivity index (χ1v) is 9.53. The maximum absolute atomic E-state index is 12.4. The van der Waals surface area contributed by atoms with Crippen molar-refractivity contribution in [1.82, 2.24) is 5.48 Å². The molecule has 4 N–H and O–H groups in total. The number of nitrogens with one attached hydrogen (secondary N) is 2. The van der Waals surface area contributed by atoms with Crippen molar-refractivity contribution in [2.45, 2.75) is 19.4 Å². The van der Waals surface area contributed by atoms with Crippen LogP contribution in [-0.4, -0.2) is 42.6 Å². The average molecular weight is 430 g/mol. The van der Waals surface area contributed by atoms with Crippen LogP contribution in [0.15, 0.2) is 60.2 Å². The van der Waals surface area contributed by atoms with Crippen LogP contribution in [0.25, 0.3) is 0 Å². The highest BCUT2D eigenvalue weighted by molar-refractivity contribution is 5.91. The van der Waals surface area contributed by atoms with Gasteiger partial charge in [0.05, 0.1) is 13.7 Å². The van der Waals surface area contributed by atoms with Gasteiger partial charge < -0.3 is 19.3 Å². The van der Waals surface area contributed by atoms with Crippen molar-refractivity contribution < 1.29 is 34.1 Å². The Balaban J connectivity index is 2.13. The molecule has 0 aromatic heterocycles. The van der Waals surface area contributed by atoms with E-state index in [1.165, 1.54) is 6.92 Å². The molecule has 0 radical (unpaired) electrons. The third kappa shape index (κ3) is 7.65. The van der Waals surface area contributed by atoms with E-state index < -0.39 is 18.1 Å². The van der Waals surface area contributed by atoms with Crippen LogP contribution >= 0.6 is 0 Å². The van der Waals surface area contributed by atoms with Crippen molar-refractivity contribution in [2.75, 3.05) is 25.6 Å². The van der Waals surface area contributed by atoms with Gasteiger partial charge in [0.15, 0.2) is 0 Å². The van der Waals surface area contributed by atoms with Gasteiger partial charge in [-0.1, -0.05) is 18.2 Å². The summed E-state index contributed by atoms with van der Waals surface area (Å²) in [4.78, 5) is 24.0. The first kappa shape index (κ1) is 23.7. The van der Waals surface area contributed by atoms with Gasteiger partial charge in [0.1, 0.15) is 24.2 Å². The molecule has 0 aliphatic rings. The topological polar surface area (TPSA) is 126 Å². The van der Waals surface area contributed by atoms with E-state index in [2.05, 4.69) is 5.32 Å². The number of amides is 2. The molecule has 0 saturated heterocycles. The predicted octanol–water partition coefficient (Wildman–Crippen LogP) is 3.20. The first-order chi connectivity index (χ1) is 15.0. The number of anilines is 1. The zero-order valence-electron chi connectivity index (χ0n) is 17.3. The molecular formula is C22H26N2O7. The van der Waals surface area contributed by atoms with Gasteiger partial charge in [-0.25, -0.2) is 10.3 Å². The molecule has 2 amide bonds. The highest BCUT2D eigenvalue weighted by Crippen LogP contribution is 2.26. The quantitative estimate of drug-likeness (QED) is 0.259. The maximum Gasteiger partial charge on any atom is 0.412 e. The van der Waals surface area contributed by atoms with E-state index in [1.807, 2.05) is 0 Å². The van der Waals surface area contributed by atoms with Gasteiger partial charge in [-0.05, 0) is 48.9 Å². The molecule has 9 nitrogen and oxygen atoms in total. The summed E-state index contributed by atoms with van der Waals surface area (Å²) in [6.07, 6.45) is 0.388. The smallest absolute Gasteiger partial charge is 0.412 e. The molecule has 2 aromatic carbocycles. The number of methoxy groups -OCH3 is 1. The zero-order valence-corrected chi connectivity index (χ0v) is 17.3. The number of carbonyl (C=O) groups is 2. The number of aliphatic hydroxyl groups excluding tert-OH is 1. The van der Waals surface area contributed by atoms with Gasteiger partial charge in [0, 0.05) is 17.7 Å². The molecule has 0 aliphatic carbocycles. The Kier molecular flexibility index (Phi) is 9.34. The molecule has 2 aromatic rings. The van der Waals surface area contributed by atoms with E-state index in [-0.39, 0.29) is 25.2 Å². The lowest BCUT2D eigenvalue weighted by Crippen LogP contribution is -2.20. The van der Waals surface area contributed by atoms with Crippen LogP contribution in [0.1, 0.15) is 25.0 Å². The van der Waals surface area contributed by atoms with Crippen LogP contribution in [0.4, 0.5) is 10.5 Å². The number of rotatable bonds is 10. The minimum absolute atomic E-state index is 0.101. The van der Waals surface area contributed by atoms with Crippen molar-refractivity contribution >= 4 is 17.7 Å². The van der Waals surface area contributed by atoms with E-state index in [4.69, 9.17) is 24.5 Å². The Labute approximate surface area is 180 Å². The summed E-state index contributed by atoms with van der Waals surface area (Å²) in [5, 5.41) is 20.3. The summed E-state index contributed by atoms with van der Waals surface area (Å²) in [6.45, 7) is 1.60. The van der Waals surface area contributed by atoms with E-state index in [0.29, 0.717) is 22.7 Å². The standard InChI is InChI=1S/C22H26N2O7/c1-15(21(26)24-28)3-12-20(16-4-8-19(9-5-16)30-14-13-25)31-22(27)23-17-6-10-18(29-2)11-7-17/h3-11,20,25,28H,12-14H2,1-2H3,(H,23,27)(H,24,26)/b15-3+/t20-/m0/s1. The summed E-state index contributed by atoms with van der Waals surface area (Å²) in [5.41, 5.74) is 3.04. The maximum atomic E-state index is 12.4. The molecule has 0 saturated carbocycles. The van der Waals surface area contributed by atoms with Gasteiger partial charge >= 0.3 is 6.09 Å². The summed E-state index contributed by atoms with van der Waals surface area (Å²) in [5.74, 6) is 0.572. The molecular weight excluding hydrogens is 404 g/mol. The molecule has 2 rings (SSSR count). The van der Waals surface area contributed by atoms with E-state index in [0.717, 1.165) is 0 Å². The van der Waals surface area contributed by atoms with Crippen molar-refractivity contribution in [2.24, 2.45) is 0 Å². The van der Waals surface area contributed by atoms with Crippen LogP contribution in [-0.2, 0) is 9.53 Å². The summed E-state index contributed by atoms with van der Waals surface area (Å²) in [7, 11) is 1.55. The third-order valence-corrected chi connectivity index (χ3v) is 4.30. The number of carbonyl (C=O) groups excluding carboxylic acids is 2. The van der Waals surface area contributed by atoms with Gasteiger partial charge in [-0.3, -0.25) is 15.3 Å². The minimum atomic E-state index is -0.702. The fourth-order valence-corrected chi connectivity index (χ4v) is 2.61. The van der Waals surface area contributed by atoms with E-state index >= 15 is 0 Å². The number of aliphatic hydroxyl groups is 1. The number of ether oxygens (including phenoxy) is 3. The molecule has 0 heterocycles. The lowest BCUT2D eigenvalue weighted by molar-refractivity contribution is -0.125. The van der Waals surface area contributed by atoms with Gasteiger partial charge in [0.25, 0.3) is 5.91 Å². The zero-order chi connectivity index (χ0) is 22.6. The Morgan fingerprint density at radius 2 is 1.71 bits per heavy atom. The van der Waals surface area contributed by atoms with E-state index in [1.54, 1.807) is 67.2 Å². The fourth-order valence-electron chi connectivity index (χ4n) is 2.61. The molecule has 0 unspecified atom stereocenters. The van der Waals surface area contributed by atoms with Crippen molar-refractivity contribution in [3.63, 3.8) is 0 Å². The molecule has 0 aliphatic heterocycles. The molecule has 9 heteroatoms. The third-order valence-electron chi connectivity index (χ3n) is 4.30. The molecule has 1 atom stereocenters. The SMILES string of the molecule is COc1ccc(NC(=O)O[C@@H](C/C=C(\C)C(=O)NO)c2ccc(OCCO)cc2)cc1. The minimum Gasteiger partial charge on any atom is -0.497 e. The molecule has 31 heavy (non-hydrogen) atoms. The molecule has 166 valence electrons. The van der Waals surface area contributed by atoms with Gasteiger partial charge in [-0.2, -0.15) is 0 Å². The Morgan fingerprint density at radius 1 is 1.06 bits per heavy atom. The van der Waals surface area contributed by atoms with E-state index in [9.17, 15) is 9.59 Å². The lowest BCUT2D eigenvalue weighted by atomic mass is 10.0. The van der Waals surface area contributed by atoms with Crippen molar-refractivity contribution in [3.8, 4) is 11.5 Å². The summed E-state index contributed by atoms with van der Waals surface area (Å²) in [6, 6.07) is 13.6. The highest BCUT2D eigenvalue weighted by atomic mass is 16.6. The number of benzene rings is 2. The summed E-state index contributed by atoms with van der Waals surface area (Å²) >= 11 is 0. The second kappa shape index (κ2) is 12.2. The monoisotopic (exact) mass is 430 g/mol. The van der Waals surface area contributed by atoms with Crippen molar-refractivity contribution in [1.29, 1.82) is 0 Å². The second-order valence-electron chi connectivity index (χ2n) is 6.45. The number of hydroxylamine groups is 1. The Morgan fingerprint density at radius 3 is 2.29 bits per heavy atom. The summed E-state index contributed by atoms with van der Waals surface area (Å²) < 4.78 is 16.0. The molecule has 0 bridgehead atoms. The van der Waals surface area contributed by atoms with Crippen molar-refractivity contribution in [3.05, 3.63) is 65.7 Å². The van der Waals surface area contributed by atoms with Gasteiger partial charge in [-0.15, -0.1) is 0 Å². The largest absolute Gasteiger partial charge is 0.497 e. The van der Waals surface area contributed by atoms with Crippen LogP contribution in [0.3, 0.4) is 0 Å². The second-order valence-corrected chi connectivity index (χ2v) is 6.45. The van der Waals surface area contributed by atoms with Crippen LogP contribution in [0, 0.1) is 0 Å². The van der Waals surface area contributed by atoms with Crippen LogP contribution < -0.4 is 20.3 Å². The number of hydrogen-bond donors (Lipinski definition) is 4. The normalized spacial score (nSPS) is 11.9. The number of hydrogen-bond acceptors (Lipinski definition) is 7. The van der Waals surface area contributed by atoms with Gasteiger partial charge in [0.2, 0.25) is 0 Å². The fraction of sp³-hybridized carbons (Fsp3) is 0.273. The molecule has 0 spiro atoms. The molecule has 0 fully saturated rings. The van der Waals surface area contributed by atoms with Crippen LogP contribution in [0.2, 0.25) is 0 Å². The lowest BCUT2D eigenvalue weighted by Gasteiger charge is -2.18. The average Bonchev–Trinajstić information content (AvgIpc) is 2.80. The Bertz CT molecular complexity index is 880. The first-order valence-electron chi connectivity index (χ1n) is 9.53. The Hall–Kier alpha value is -3.56.